The second-order valence-corrected chi connectivity index (χ2v) is 8.36. The van der Waals surface area contributed by atoms with Crippen molar-refractivity contribution in [2.75, 3.05) is 6.54 Å². The highest BCUT2D eigenvalue weighted by atomic mass is 35.5. The fourth-order valence-corrected chi connectivity index (χ4v) is 3.96. The van der Waals surface area contributed by atoms with Gasteiger partial charge in [-0.1, -0.05) is 50.6 Å². The molecule has 0 saturated heterocycles. The molecule has 1 N–H and O–H groups in total. The fraction of sp³-hybridized carbons (Fsp3) is 0.286. The van der Waals surface area contributed by atoms with E-state index in [4.69, 9.17) is 11.6 Å². The average molecular weight is 480 g/mol. The van der Waals surface area contributed by atoms with Crippen molar-refractivity contribution < 1.29 is 9.18 Å². The van der Waals surface area contributed by atoms with Crippen molar-refractivity contribution in [3.63, 3.8) is 0 Å². The van der Waals surface area contributed by atoms with Crippen LogP contribution in [0.5, 0.6) is 0 Å². The zero-order valence-corrected chi connectivity index (χ0v) is 20.9. The lowest BCUT2D eigenvalue weighted by molar-refractivity contribution is 0.0743. The van der Waals surface area contributed by atoms with E-state index in [1.54, 1.807) is 24.3 Å². The molecule has 3 aromatic carbocycles. The highest BCUT2D eigenvalue weighted by Gasteiger charge is 2.17. The molecule has 0 atom stereocenters. The van der Waals surface area contributed by atoms with Gasteiger partial charge in [0.15, 0.2) is 0 Å². The van der Waals surface area contributed by atoms with Gasteiger partial charge in [0.25, 0.3) is 5.91 Å². The Morgan fingerprint density at radius 3 is 2.38 bits per heavy atom. The van der Waals surface area contributed by atoms with E-state index in [9.17, 15) is 9.18 Å². The first-order valence-corrected chi connectivity index (χ1v) is 12.1. The van der Waals surface area contributed by atoms with E-state index in [1.807, 2.05) is 36.9 Å². The van der Waals surface area contributed by atoms with Crippen LogP contribution >= 0.6 is 11.6 Å². The van der Waals surface area contributed by atoms with Crippen LogP contribution in [0.2, 0.25) is 5.02 Å². The summed E-state index contributed by atoms with van der Waals surface area (Å²) in [5.41, 5.74) is 6.45. The van der Waals surface area contributed by atoms with Gasteiger partial charge in [-0.15, -0.1) is 0 Å². The van der Waals surface area contributed by atoms with E-state index in [-0.39, 0.29) is 5.91 Å². The number of imidazole rings is 1. The SMILES string of the molecule is CC.CCCN(Cc1cc(-c2ccc3nc(CF)[nH]c3c2)ccc1C)C(=O)c1ccc(Cl)cc1. The standard InChI is InChI=1S/C26H25ClFN3O.C2H6/c1-3-12-31(26(32)18-6-9-22(27)10-7-18)16-21-13-19(5-4-17(21)2)20-8-11-23-24(14-20)30-25(15-28)29-23;1-2/h4-11,13-14H,3,12,15-16H2,1-2H3,(H,29,30);1-2H3. The number of amides is 1. The molecule has 0 bridgehead atoms. The molecule has 4 nitrogen and oxygen atoms in total. The first-order chi connectivity index (χ1) is 16.5. The maximum absolute atomic E-state index is 13.1. The Morgan fingerprint density at radius 1 is 1.03 bits per heavy atom. The summed E-state index contributed by atoms with van der Waals surface area (Å²) in [5.74, 6) is 0.323. The topological polar surface area (TPSA) is 49.0 Å². The summed E-state index contributed by atoms with van der Waals surface area (Å²) < 4.78 is 12.9. The monoisotopic (exact) mass is 479 g/mol. The molecule has 0 saturated carbocycles. The quantitative estimate of drug-likeness (QED) is 0.294. The molecular formula is C28H31ClFN3O. The molecule has 1 heterocycles. The zero-order chi connectivity index (χ0) is 24.7. The summed E-state index contributed by atoms with van der Waals surface area (Å²) in [6.45, 7) is 8.69. The molecular weight excluding hydrogens is 449 g/mol. The lowest BCUT2D eigenvalue weighted by Gasteiger charge is -2.24. The summed E-state index contributed by atoms with van der Waals surface area (Å²) in [6.07, 6.45) is 0.867. The molecule has 4 rings (SSSR count). The number of aryl methyl sites for hydroxylation is 1. The van der Waals surface area contributed by atoms with E-state index in [0.29, 0.717) is 29.5 Å². The molecule has 34 heavy (non-hydrogen) atoms. The Kier molecular flexibility index (Phi) is 8.83. The smallest absolute Gasteiger partial charge is 0.254 e. The Bertz CT molecular complexity index is 1250. The average Bonchev–Trinajstić information content (AvgIpc) is 3.29. The van der Waals surface area contributed by atoms with Gasteiger partial charge in [-0.3, -0.25) is 4.79 Å². The molecule has 0 spiro atoms. The predicted molar refractivity (Wildman–Crippen MR) is 139 cm³/mol. The fourth-order valence-electron chi connectivity index (χ4n) is 3.83. The number of H-pyrrole nitrogens is 1. The zero-order valence-electron chi connectivity index (χ0n) is 20.2. The molecule has 178 valence electrons. The van der Waals surface area contributed by atoms with Crippen molar-refractivity contribution >= 4 is 28.5 Å². The van der Waals surface area contributed by atoms with Crippen LogP contribution < -0.4 is 0 Å². The van der Waals surface area contributed by atoms with Gasteiger partial charge in [0.1, 0.15) is 12.5 Å². The number of nitrogens with zero attached hydrogens (tertiary/aromatic N) is 2. The third-order valence-corrected chi connectivity index (χ3v) is 5.83. The number of halogens is 2. The predicted octanol–water partition coefficient (Wildman–Crippen LogP) is 7.74. The van der Waals surface area contributed by atoms with E-state index >= 15 is 0 Å². The number of carbonyl (C=O) groups is 1. The van der Waals surface area contributed by atoms with Crippen LogP contribution in [-0.2, 0) is 13.2 Å². The largest absolute Gasteiger partial charge is 0.340 e. The molecule has 0 aliphatic carbocycles. The van der Waals surface area contributed by atoms with Crippen LogP contribution in [0.1, 0.15) is 54.5 Å². The number of benzene rings is 3. The van der Waals surface area contributed by atoms with Crippen LogP contribution in [0, 0.1) is 6.92 Å². The number of hydrogen-bond acceptors (Lipinski definition) is 2. The minimum atomic E-state index is -0.617. The lowest BCUT2D eigenvalue weighted by Crippen LogP contribution is -2.31. The normalized spacial score (nSPS) is 10.6. The van der Waals surface area contributed by atoms with Crippen LogP contribution in [0.25, 0.3) is 22.2 Å². The number of nitrogens with one attached hydrogen (secondary N) is 1. The lowest BCUT2D eigenvalue weighted by atomic mass is 9.99. The second-order valence-electron chi connectivity index (χ2n) is 7.92. The van der Waals surface area contributed by atoms with E-state index in [2.05, 4.69) is 42.0 Å². The maximum atomic E-state index is 13.1. The van der Waals surface area contributed by atoms with Gasteiger partial charge in [0.2, 0.25) is 0 Å². The molecule has 4 aromatic rings. The molecule has 0 aliphatic rings. The molecule has 6 heteroatoms. The van der Waals surface area contributed by atoms with Crippen LogP contribution in [0.15, 0.2) is 60.7 Å². The number of aromatic nitrogens is 2. The van der Waals surface area contributed by atoms with Gasteiger partial charge in [-0.25, -0.2) is 9.37 Å². The molecule has 0 fully saturated rings. The third kappa shape index (κ3) is 5.84. The van der Waals surface area contributed by atoms with Gasteiger partial charge in [-0.2, -0.15) is 0 Å². The van der Waals surface area contributed by atoms with Crippen molar-refractivity contribution in [2.24, 2.45) is 0 Å². The number of alkyl halides is 1. The van der Waals surface area contributed by atoms with Gasteiger partial charge in [0.05, 0.1) is 11.0 Å². The molecule has 0 radical (unpaired) electrons. The molecule has 0 aliphatic heterocycles. The van der Waals surface area contributed by atoms with Crippen LogP contribution in [0.3, 0.4) is 0 Å². The van der Waals surface area contributed by atoms with Gasteiger partial charge >= 0.3 is 0 Å². The molecule has 1 amide bonds. The summed E-state index contributed by atoms with van der Waals surface area (Å²) in [6, 6.07) is 19.2. The highest BCUT2D eigenvalue weighted by molar-refractivity contribution is 6.30. The number of aromatic amines is 1. The van der Waals surface area contributed by atoms with E-state index in [0.717, 1.165) is 39.7 Å². The number of carbonyl (C=O) groups excluding carboxylic acids is 1. The number of fused-ring (bicyclic) bond motifs is 1. The summed E-state index contributed by atoms with van der Waals surface area (Å²) in [5, 5.41) is 0.611. The minimum absolute atomic E-state index is 0.00838. The Hall–Kier alpha value is -3.18. The third-order valence-electron chi connectivity index (χ3n) is 5.57. The van der Waals surface area contributed by atoms with E-state index < -0.39 is 6.67 Å². The first kappa shape index (κ1) is 25.4. The number of hydrogen-bond donors (Lipinski definition) is 1. The van der Waals surface area contributed by atoms with Crippen molar-refractivity contribution in [2.45, 2.75) is 47.3 Å². The Morgan fingerprint density at radius 2 is 1.71 bits per heavy atom. The first-order valence-electron chi connectivity index (χ1n) is 11.7. The van der Waals surface area contributed by atoms with Crippen molar-refractivity contribution in [1.29, 1.82) is 0 Å². The highest BCUT2D eigenvalue weighted by Crippen LogP contribution is 2.27. The van der Waals surface area contributed by atoms with Gasteiger partial charge in [0, 0.05) is 23.7 Å². The number of rotatable bonds is 7. The molecule has 0 unspecified atom stereocenters. The molecule has 1 aromatic heterocycles. The summed E-state index contributed by atoms with van der Waals surface area (Å²) >= 11 is 5.98. The van der Waals surface area contributed by atoms with Crippen LogP contribution in [0.4, 0.5) is 4.39 Å². The Balaban J connectivity index is 0.00000158. The van der Waals surface area contributed by atoms with Crippen LogP contribution in [-0.4, -0.2) is 27.3 Å². The van der Waals surface area contributed by atoms with Gasteiger partial charge < -0.3 is 9.88 Å². The summed E-state index contributed by atoms with van der Waals surface area (Å²) in [4.78, 5) is 22.3. The maximum Gasteiger partial charge on any atom is 0.254 e. The van der Waals surface area contributed by atoms with Gasteiger partial charge in [-0.05, 0) is 78.1 Å². The van der Waals surface area contributed by atoms with E-state index in [1.165, 1.54) is 0 Å². The van der Waals surface area contributed by atoms with Crippen molar-refractivity contribution in [1.82, 2.24) is 14.9 Å². The van der Waals surface area contributed by atoms with Crippen molar-refractivity contribution in [3.05, 3.63) is 88.2 Å². The summed E-state index contributed by atoms with van der Waals surface area (Å²) in [7, 11) is 0. The second kappa shape index (κ2) is 11.8. The van der Waals surface area contributed by atoms with Crippen molar-refractivity contribution in [3.8, 4) is 11.1 Å². The Labute approximate surface area is 205 Å². The minimum Gasteiger partial charge on any atom is -0.340 e.